The zero-order chi connectivity index (χ0) is 17.0. The molecular weight excluding hydrogens is 391 g/mol. The molecule has 0 fully saturated rings. The van der Waals surface area contributed by atoms with Crippen LogP contribution in [0.15, 0.2) is 39.6 Å². The summed E-state index contributed by atoms with van der Waals surface area (Å²) < 4.78 is 16.4. The Kier molecular flexibility index (Phi) is 3.54. The van der Waals surface area contributed by atoms with E-state index < -0.39 is 0 Å². The van der Waals surface area contributed by atoms with Crippen LogP contribution < -0.4 is 10.1 Å². The number of hydrogen-bond donors (Lipinski definition) is 0. The number of benzene rings is 2. The van der Waals surface area contributed by atoms with Gasteiger partial charge in [0.1, 0.15) is 11.3 Å². The second-order valence-electron chi connectivity index (χ2n) is 5.70. The third-order valence-corrected chi connectivity index (χ3v) is 6.06. The minimum atomic E-state index is -0.321. The van der Waals surface area contributed by atoms with Crippen LogP contribution in [0, 0.1) is 19.7 Å². The summed E-state index contributed by atoms with van der Waals surface area (Å²) in [4.78, 5) is 18.0. The van der Waals surface area contributed by atoms with Gasteiger partial charge in [0.05, 0.1) is 10.0 Å². The first-order chi connectivity index (χ1) is 11.5. The molecule has 0 unspecified atom stereocenters. The lowest BCUT2D eigenvalue weighted by atomic mass is 10.1. The molecule has 0 spiro atoms. The van der Waals surface area contributed by atoms with Gasteiger partial charge >= 0.3 is 0 Å². The van der Waals surface area contributed by atoms with Crippen molar-refractivity contribution in [3.8, 4) is 0 Å². The Morgan fingerprint density at radius 3 is 2.83 bits per heavy atom. The van der Waals surface area contributed by atoms with Gasteiger partial charge in [-0.1, -0.05) is 23.5 Å². The van der Waals surface area contributed by atoms with Crippen LogP contribution in [0.3, 0.4) is 0 Å². The van der Waals surface area contributed by atoms with Crippen LogP contribution in [0.25, 0.3) is 22.1 Å². The topological polar surface area (TPSA) is 34.4 Å². The number of halogens is 2. The summed E-state index contributed by atoms with van der Waals surface area (Å²) >= 11 is 4.89. The molecule has 2 aromatic heterocycles. The summed E-state index contributed by atoms with van der Waals surface area (Å²) in [6.45, 7) is 4.03. The average molecular weight is 403 g/mol. The van der Waals surface area contributed by atoms with E-state index in [1.54, 1.807) is 22.6 Å². The molecule has 0 aliphatic carbocycles. The van der Waals surface area contributed by atoms with E-state index in [1.807, 2.05) is 19.9 Å². The lowest BCUT2D eigenvalue weighted by molar-refractivity contribution is 0.627. The molecule has 0 saturated heterocycles. The van der Waals surface area contributed by atoms with Crippen molar-refractivity contribution in [3.05, 3.63) is 72.2 Å². The molecule has 120 valence electrons. The third-order valence-electron chi connectivity index (χ3n) is 4.13. The van der Waals surface area contributed by atoms with Crippen molar-refractivity contribution in [2.24, 2.45) is 0 Å². The highest BCUT2D eigenvalue weighted by atomic mass is 79.9. The minimum Gasteiger partial charge on any atom is -0.267 e. The van der Waals surface area contributed by atoms with Gasteiger partial charge in [-0.25, -0.2) is 13.8 Å². The summed E-state index contributed by atoms with van der Waals surface area (Å²) in [5, 5.41) is 0. The highest BCUT2D eigenvalue weighted by Crippen LogP contribution is 2.30. The molecule has 3 nitrogen and oxygen atoms in total. The van der Waals surface area contributed by atoms with Crippen LogP contribution in [0.2, 0.25) is 0 Å². The zero-order valence-corrected chi connectivity index (χ0v) is 15.3. The fraction of sp³-hybridized carbons (Fsp3) is 0.111. The van der Waals surface area contributed by atoms with Crippen molar-refractivity contribution in [3.63, 3.8) is 0 Å². The van der Waals surface area contributed by atoms with Crippen molar-refractivity contribution < 1.29 is 4.39 Å². The van der Waals surface area contributed by atoms with Crippen LogP contribution in [-0.4, -0.2) is 9.38 Å². The van der Waals surface area contributed by atoms with Gasteiger partial charge < -0.3 is 0 Å². The molecule has 4 rings (SSSR count). The standard InChI is InChI=1S/C18H12BrFN2OS/c1-9-6-13-16(15(19)10(9)2)21-18-22(13)17(23)14(24-18)8-11-4-3-5-12(20)7-11/h3-8H,1-2H3/b14-8+. The Bertz CT molecular complexity index is 1230. The van der Waals surface area contributed by atoms with Crippen molar-refractivity contribution in [2.45, 2.75) is 13.8 Å². The van der Waals surface area contributed by atoms with Gasteiger partial charge in [-0.15, -0.1) is 0 Å². The van der Waals surface area contributed by atoms with E-state index in [9.17, 15) is 9.18 Å². The van der Waals surface area contributed by atoms with E-state index in [1.165, 1.54) is 23.5 Å². The maximum Gasteiger partial charge on any atom is 0.274 e. The molecule has 0 aliphatic rings. The molecule has 0 bridgehead atoms. The lowest BCUT2D eigenvalue weighted by Crippen LogP contribution is -2.22. The Hall–Kier alpha value is -2.05. The molecule has 0 atom stereocenters. The van der Waals surface area contributed by atoms with Crippen LogP contribution in [0.4, 0.5) is 4.39 Å². The molecule has 2 heterocycles. The van der Waals surface area contributed by atoms with E-state index in [0.29, 0.717) is 15.1 Å². The van der Waals surface area contributed by atoms with Crippen LogP contribution in [0.1, 0.15) is 16.7 Å². The van der Waals surface area contributed by atoms with Crippen molar-refractivity contribution in [1.82, 2.24) is 9.38 Å². The molecule has 4 aromatic rings. The predicted octanol–water partition coefficient (Wildman–Crippen LogP) is 3.98. The maximum absolute atomic E-state index is 13.3. The Balaban J connectivity index is 2.05. The monoisotopic (exact) mass is 402 g/mol. The fourth-order valence-electron chi connectivity index (χ4n) is 2.73. The average Bonchev–Trinajstić information content (AvgIpc) is 3.03. The number of aryl methyl sites for hydroxylation is 1. The van der Waals surface area contributed by atoms with E-state index in [0.717, 1.165) is 26.6 Å². The Morgan fingerprint density at radius 2 is 2.08 bits per heavy atom. The largest absolute Gasteiger partial charge is 0.274 e. The van der Waals surface area contributed by atoms with Crippen LogP contribution in [0.5, 0.6) is 0 Å². The lowest BCUT2D eigenvalue weighted by Gasteiger charge is -2.03. The normalized spacial score (nSPS) is 12.6. The Morgan fingerprint density at radius 1 is 1.29 bits per heavy atom. The predicted molar refractivity (Wildman–Crippen MR) is 99.2 cm³/mol. The SMILES string of the molecule is Cc1cc2c(nc3s/c(=C/c4cccc(F)c4)c(=O)n32)c(Br)c1C. The number of fused-ring (bicyclic) bond motifs is 3. The first-order valence-electron chi connectivity index (χ1n) is 7.33. The van der Waals surface area contributed by atoms with Gasteiger partial charge in [0.2, 0.25) is 0 Å². The first kappa shape index (κ1) is 15.5. The van der Waals surface area contributed by atoms with Crippen LogP contribution in [-0.2, 0) is 0 Å². The van der Waals surface area contributed by atoms with Gasteiger partial charge in [0.25, 0.3) is 5.56 Å². The van der Waals surface area contributed by atoms with Crippen molar-refractivity contribution >= 4 is 49.3 Å². The van der Waals surface area contributed by atoms with Gasteiger partial charge in [0, 0.05) is 4.47 Å². The molecule has 0 aliphatic heterocycles. The summed E-state index contributed by atoms with van der Waals surface area (Å²) in [6, 6.07) is 8.17. The summed E-state index contributed by atoms with van der Waals surface area (Å²) in [5.74, 6) is -0.321. The molecule has 0 saturated carbocycles. The molecule has 0 radical (unpaired) electrons. The van der Waals surface area contributed by atoms with Crippen molar-refractivity contribution in [1.29, 1.82) is 0 Å². The van der Waals surface area contributed by atoms with Gasteiger partial charge in [0.15, 0.2) is 4.96 Å². The number of hydrogen-bond acceptors (Lipinski definition) is 3. The third kappa shape index (κ3) is 2.29. The summed E-state index contributed by atoms with van der Waals surface area (Å²) in [7, 11) is 0. The second kappa shape index (κ2) is 5.50. The smallest absolute Gasteiger partial charge is 0.267 e. The van der Waals surface area contributed by atoms with Gasteiger partial charge in [-0.05, 0) is 70.7 Å². The van der Waals surface area contributed by atoms with Gasteiger partial charge in [-0.3, -0.25) is 4.79 Å². The first-order valence-corrected chi connectivity index (χ1v) is 8.94. The van der Waals surface area contributed by atoms with E-state index in [-0.39, 0.29) is 11.4 Å². The summed E-state index contributed by atoms with van der Waals surface area (Å²) in [6.07, 6.45) is 1.70. The zero-order valence-electron chi connectivity index (χ0n) is 12.9. The number of aromatic nitrogens is 2. The number of imidazole rings is 1. The van der Waals surface area contributed by atoms with Crippen LogP contribution >= 0.6 is 27.3 Å². The highest BCUT2D eigenvalue weighted by molar-refractivity contribution is 9.10. The van der Waals surface area contributed by atoms with E-state index in [4.69, 9.17) is 0 Å². The molecule has 0 amide bonds. The molecule has 2 aromatic carbocycles. The minimum absolute atomic E-state index is 0.128. The second-order valence-corrected chi connectivity index (χ2v) is 7.50. The number of rotatable bonds is 1. The molecule has 0 N–H and O–H groups in total. The fourth-order valence-corrected chi connectivity index (χ4v) is 4.31. The molecule has 6 heteroatoms. The number of thiazole rings is 1. The number of nitrogens with zero attached hydrogens (tertiary/aromatic N) is 2. The molecular formula is C18H12BrFN2OS. The van der Waals surface area contributed by atoms with Crippen molar-refractivity contribution in [2.75, 3.05) is 0 Å². The summed E-state index contributed by atoms with van der Waals surface area (Å²) in [5.41, 5.74) is 4.33. The van der Waals surface area contributed by atoms with Gasteiger partial charge in [-0.2, -0.15) is 0 Å². The van der Waals surface area contributed by atoms with E-state index in [2.05, 4.69) is 20.9 Å². The Labute approximate surface area is 149 Å². The quantitative estimate of drug-likeness (QED) is 0.482. The van der Waals surface area contributed by atoms with E-state index >= 15 is 0 Å². The maximum atomic E-state index is 13.3. The molecule has 24 heavy (non-hydrogen) atoms. The highest BCUT2D eigenvalue weighted by Gasteiger charge is 2.15.